The Labute approximate surface area is 115 Å². The van der Waals surface area contributed by atoms with E-state index in [2.05, 4.69) is 14.9 Å². The molecular weight excluding hydrogens is 271 g/mol. The quantitative estimate of drug-likeness (QED) is 0.856. The van der Waals surface area contributed by atoms with E-state index >= 15 is 0 Å². The second-order valence-electron chi connectivity index (χ2n) is 5.45. The summed E-state index contributed by atoms with van der Waals surface area (Å²) in [6, 6.07) is 0.866. The molecule has 2 aliphatic rings. The van der Waals surface area contributed by atoms with Gasteiger partial charge in [0.15, 0.2) is 5.69 Å². The van der Waals surface area contributed by atoms with E-state index in [0.717, 1.165) is 51.2 Å². The van der Waals surface area contributed by atoms with Crippen molar-refractivity contribution in [3.05, 3.63) is 18.1 Å². The molecule has 7 heteroatoms. The third-order valence-electron chi connectivity index (χ3n) is 4.23. The van der Waals surface area contributed by atoms with Gasteiger partial charge < -0.3 is 4.74 Å². The number of alkyl halides is 3. The average Bonchev–Trinajstić information content (AvgIpc) is 2.95. The maximum atomic E-state index is 12.6. The molecule has 2 fully saturated rings. The van der Waals surface area contributed by atoms with Crippen LogP contribution in [0.15, 0.2) is 12.4 Å². The molecule has 0 spiro atoms. The highest BCUT2D eigenvalue weighted by Gasteiger charge is 2.45. The Kier molecular flexibility index (Phi) is 3.32. The van der Waals surface area contributed by atoms with Gasteiger partial charge in [-0.15, -0.1) is 0 Å². The number of nitrogens with zero attached hydrogens (tertiary/aromatic N) is 3. The number of hydrogen-bond acceptors (Lipinski definition) is 4. The lowest BCUT2D eigenvalue weighted by Crippen LogP contribution is -2.43. The van der Waals surface area contributed by atoms with Gasteiger partial charge in [0.1, 0.15) is 12.9 Å². The van der Waals surface area contributed by atoms with Gasteiger partial charge in [-0.05, 0) is 38.8 Å². The summed E-state index contributed by atoms with van der Waals surface area (Å²) in [6.45, 7) is 2.52. The lowest BCUT2D eigenvalue weighted by molar-refractivity contribution is -0.141. The zero-order valence-corrected chi connectivity index (χ0v) is 11.0. The van der Waals surface area contributed by atoms with Crippen LogP contribution in [0.3, 0.4) is 0 Å². The molecule has 0 aromatic carbocycles. The number of fused-ring (bicyclic) bond motifs is 1. The van der Waals surface area contributed by atoms with Crippen molar-refractivity contribution in [1.29, 1.82) is 0 Å². The van der Waals surface area contributed by atoms with Gasteiger partial charge in [-0.25, -0.2) is 9.97 Å². The molecule has 0 N–H and O–H groups in total. The van der Waals surface area contributed by atoms with Crippen LogP contribution >= 0.6 is 0 Å². The third-order valence-corrected chi connectivity index (χ3v) is 4.23. The zero-order chi connectivity index (χ0) is 14.2. The molecule has 0 bridgehead atoms. The maximum Gasteiger partial charge on any atom is 0.433 e. The van der Waals surface area contributed by atoms with Crippen molar-refractivity contribution in [3.8, 4) is 5.88 Å². The molecule has 1 aromatic rings. The van der Waals surface area contributed by atoms with Gasteiger partial charge in [-0.2, -0.15) is 13.2 Å². The monoisotopic (exact) mass is 287 g/mol. The third kappa shape index (κ3) is 2.46. The van der Waals surface area contributed by atoms with Crippen molar-refractivity contribution in [3.63, 3.8) is 0 Å². The number of aromatic nitrogens is 2. The van der Waals surface area contributed by atoms with E-state index in [4.69, 9.17) is 4.74 Å². The summed E-state index contributed by atoms with van der Waals surface area (Å²) in [5.74, 6) is 0.000417. The molecule has 0 aliphatic carbocycles. The van der Waals surface area contributed by atoms with Crippen LogP contribution in [0, 0.1) is 0 Å². The number of ether oxygens (including phenoxy) is 1. The van der Waals surface area contributed by atoms with Crippen LogP contribution in [0.25, 0.3) is 0 Å². The Bertz CT molecular complexity index is 482. The number of halogens is 3. The molecule has 0 unspecified atom stereocenters. The van der Waals surface area contributed by atoms with E-state index in [1.807, 2.05) is 0 Å². The minimum atomic E-state index is -4.47. The summed E-state index contributed by atoms with van der Waals surface area (Å²) in [6.07, 6.45) is 0.777. The van der Waals surface area contributed by atoms with Crippen LogP contribution < -0.4 is 4.74 Å². The van der Waals surface area contributed by atoms with Crippen molar-refractivity contribution in [1.82, 2.24) is 14.9 Å². The highest BCUT2D eigenvalue weighted by Crippen LogP contribution is 2.39. The van der Waals surface area contributed by atoms with E-state index in [9.17, 15) is 13.2 Å². The van der Waals surface area contributed by atoms with Crippen molar-refractivity contribution in [2.24, 2.45) is 0 Å². The van der Waals surface area contributed by atoms with Crippen LogP contribution in [-0.2, 0) is 6.18 Å². The van der Waals surface area contributed by atoms with Gasteiger partial charge in [-0.3, -0.25) is 4.90 Å². The second-order valence-corrected chi connectivity index (χ2v) is 5.45. The predicted octanol–water partition coefficient (Wildman–Crippen LogP) is 2.50. The normalized spacial score (nSPS) is 21.9. The zero-order valence-electron chi connectivity index (χ0n) is 11.0. The first-order valence-corrected chi connectivity index (χ1v) is 6.77. The van der Waals surface area contributed by atoms with Crippen LogP contribution in [-0.4, -0.2) is 40.1 Å². The molecule has 2 aliphatic heterocycles. The van der Waals surface area contributed by atoms with E-state index in [-0.39, 0.29) is 11.4 Å². The van der Waals surface area contributed by atoms with Crippen LogP contribution in [0.5, 0.6) is 5.88 Å². The molecule has 20 heavy (non-hydrogen) atoms. The minimum absolute atomic E-state index is 0.000417. The van der Waals surface area contributed by atoms with Crippen LogP contribution in [0.1, 0.15) is 31.4 Å². The fourth-order valence-corrected chi connectivity index (χ4v) is 3.24. The van der Waals surface area contributed by atoms with E-state index < -0.39 is 11.9 Å². The second kappa shape index (κ2) is 4.87. The highest BCUT2D eigenvalue weighted by atomic mass is 19.4. The first-order chi connectivity index (χ1) is 9.50. The molecule has 4 nitrogen and oxygen atoms in total. The first kappa shape index (κ1) is 13.6. The summed E-state index contributed by atoms with van der Waals surface area (Å²) in [4.78, 5) is 9.39. The molecule has 3 rings (SSSR count). The molecular formula is C13H16F3N3O. The van der Waals surface area contributed by atoms with Crippen molar-refractivity contribution < 1.29 is 17.9 Å². The molecule has 0 radical (unpaired) electrons. The summed E-state index contributed by atoms with van der Waals surface area (Å²) in [5.41, 5.74) is -0.960. The summed E-state index contributed by atoms with van der Waals surface area (Å²) in [7, 11) is 0. The molecule has 110 valence electrons. The summed E-state index contributed by atoms with van der Waals surface area (Å²) < 4.78 is 43.2. The van der Waals surface area contributed by atoms with Gasteiger partial charge in [0.25, 0.3) is 0 Å². The summed E-state index contributed by atoms with van der Waals surface area (Å²) >= 11 is 0. The van der Waals surface area contributed by atoms with Crippen LogP contribution in [0.2, 0.25) is 0 Å². The largest absolute Gasteiger partial charge is 0.476 e. The molecule has 0 saturated carbocycles. The Morgan fingerprint density at radius 3 is 2.55 bits per heavy atom. The van der Waals surface area contributed by atoms with Gasteiger partial charge in [0, 0.05) is 6.07 Å². The molecule has 1 aromatic heterocycles. The topological polar surface area (TPSA) is 38.2 Å². The number of rotatable bonds is 3. The Balaban J connectivity index is 1.70. The lowest BCUT2D eigenvalue weighted by Gasteiger charge is -2.31. The van der Waals surface area contributed by atoms with E-state index in [1.54, 1.807) is 0 Å². The lowest BCUT2D eigenvalue weighted by atomic mass is 9.95. The highest BCUT2D eigenvalue weighted by molar-refractivity contribution is 5.16. The SMILES string of the molecule is FC(F)(F)c1cc(OCC23CCCN2CCC3)ncn1. The van der Waals surface area contributed by atoms with Gasteiger partial charge in [-0.1, -0.05) is 0 Å². The fourth-order valence-electron chi connectivity index (χ4n) is 3.24. The Hall–Kier alpha value is -1.37. The van der Waals surface area contributed by atoms with Crippen molar-refractivity contribution in [2.75, 3.05) is 19.7 Å². The van der Waals surface area contributed by atoms with Gasteiger partial charge >= 0.3 is 6.18 Å². The average molecular weight is 287 g/mol. The van der Waals surface area contributed by atoms with E-state index in [0.29, 0.717) is 6.61 Å². The maximum absolute atomic E-state index is 12.6. The van der Waals surface area contributed by atoms with Gasteiger partial charge in [0.05, 0.1) is 5.54 Å². The first-order valence-electron chi connectivity index (χ1n) is 6.77. The summed E-state index contributed by atoms with van der Waals surface area (Å²) in [5, 5.41) is 0. The molecule has 3 heterocycles. The number of hydrogen-bond donors (Lipinski definition) is 0. The van der Waals surface area contributed by atoms with E-state index in [1.165, 1.54) is 0 Å². The molecule has 0 atom stereocenters. The fraction of sp³-hybridized carbons (Fsp3) is 0.692. The van der Waals surface area contributed by atoms with Crippen molar-refractivity contribution in [2.45, 2.75) is 37.4 Å². The Morgan fingerprint density at radius 2 is 1.90 bits per heavy atom. The van der Waals surface area contributed by atoms with Gasteiger partial charge in [0.2, 0.25) is 5.88 Å². The molecule has 0 amide bonds. The predicted molar refractivity (Wildman–Crippen MR) is 65.3 cm³/mol. The van der Waals surface area contributed by atoms with Crippen molar-refractivity contribution >= 4 is 0 Å². The molecule has 2 saturated heterocycles. The standard InChI is InChI=1S/C13H16F3N3O/c14-13(15,16)10-7-11(18-9-17-10)20-8-12-3-1-5-19(12)6-2-4-12/h7,9H,1-6,8H2. The van der Waals surface area contributed by atoms with Crippen LogP contribution in [0.4, 0.5) is 13.2 Å². The Morgan fingerprint density at radius 1 is 1.20 bits per heavy atom. The minimum Gasteiger partial charge on any atom is -0.476 e. The smallest absolute Gasteiger partial charge is 0.433 e.